The van der Waals surface area contributed by atoms with Crippen molar-refractivity contribution >= 4 is 17.9 Å². The van der Waals surface area contributed by atoms with Gasteiger partial charge in [0.25, 0.3) is 0 Å². The van der Waals surface area contributed by atoms with Crippen LogP contribution in [-0.4, -0.2) is 47.5 Å². The summed E-state index contributed by atoms with van der Waals surface area (Å²) in [5.41, 5.74) is 4.96. The van der Waals surface area contributed by atoms with Crippen LogP contribution in [-0.2, 0) is 9.59 Å². The van der Waals surface area contributed by atoms with E-state index in [2.05, 4.69) is 11.2 Å². The Balaban J connectivity index is 3.92. The Hall–Kier alpha value is -2.23. The first kappa shape index (κ1) is 15.8. The zero-order valence-corrected chi connectivity index (χ0v) is 10.0. The molecule has 0 aliphatic heterocycles. The average Bonchev–Trinajstić information content (AvgIpc) is 2.26. The zero-order valence-electron chi connectivity index (χ0n) is 10.0. The van der Waals surface area contributed by atoms with E-state index in [1.165, 1.54) is 0 Å². The van der Waals surface area contributed by atoms with Crippen LogP contribution in [0.4, 0.5) is 4.79 Å². The minimum absolute atomic E-state index is 0.0700. The third kappa shape index (κ3) is 7.98. The molecule has 3 amide bonds. The minimum Gasteiger partial charge on any atom is -0.480 e. The Labute approximate surface area is 105 Å². The van der Waals surface area contributed by atoms with Crippen molar-refractivity contribution in [3.8, 4) is 12.3 Å². The molecule has 0 atom stereocenters. The number of terminal acetylenes is 1. The summed E-state index contributed by atoms with van der Waals surface area (Å²) >= 11 is 0. The third-order valence-electron chi connectivity index (χ3n) is 2.02. The first-order valence-corrected chi connectivity index (χ1v) is 5.43. The Morgan fingerprint density at radius 2 is 2.00 bits per heavy atom. The Bertz CT molecular complexity index is 349. The Kier molecular flexibility index (Phi) is 7.77. The van der Waals surface area contributed by atoms with E-state index in [0.29, 0.717) is 19.4 Å². The molecule has 0 heterocycles. The fourth-order valence-electron chi connectivity index (χ4n) is 1.20. The van der Waals surface area contributed by atoms with Gasteiger partial charge >= 0.3 is 12.0 Å². The fourth-order valence-corrected chi connectivity index (χ4v) is 1.20. The summed E-state index contributed by atoms with van der Waals surface area (Å²) in [5, 5.41) is 11.1. The lowest BCUT2D eigenvalue weighted by Crippen LogP contribution is -2.43. The molecule has 0 saturated heterocycles. The van der Waals surface area contributed by atoms with Gasteiger partial charge in [-0.1, -0.05) is 5.92 Å². The van der Waals surface area contributed by atoms with Gasteiger partial charge in [-0.25, -0.2) is 4.79 Å². The number of hydrogen-bond acceptors (Lipinski definition) is 3. The van der Waals surface area contributed by atoms with Gasteiger partial charge in [0.05, 0.1) is 6.54 Å². The number of rotatable bonds is 8. The number of amides is 3. The molecule has 0 aromatic carbocycles. The molecule has 0 rings (SSSR count). The van der Waals surface area contributed by atoms with Gasteiger partial charge in [-0.3, -0.25) is 9.59 Å². The minimum atomic E-state index is -1.13. The quantitative estimate of drug-likeness (QED) is 0.396. The number of nitrogens with zero attached hydrogens (tertiary/aromatic N) is 1. The maximum Gasteiger partial charge on any atom is 0.323 e. The molecule has 0 bridgehead atoms. The van der Waals surface area contributed by atoms with Crippen molar-refractivity contribution in [2.75, 3.05) is 19.6 Å². The van der Waals surface area contributed by atoms with Crippen LogP contribution < -0.4 is 11.1 Å². The number of aliphatic carboxylic acids is 1. The van der Waals surface area contributed by atoms with Gasteiger partial charge in [0.2, 0.25) is 5.91 Å². The summed E-state index contributed by atoms with van der Waals surface area (Å²) in [6.07, 6.45) is 6.46. The molecule has 0 aliphatic rings. The normalized spacial score (nSPS) is 9.28. The molecular weight excluding hydrogens is 238 g/mol. The van der Waals surface area contributed by atoms with Crippen LogP contribution in [0.5, 0.6) is 0 Å². The van der Waals surface area contributed by atoms with E-state index in [1.807, 2.05) is 0 Å². The van der Waals surface area contributed by atoms with E-state index >= 15 is 0 Å². The predicted molar refractivity (Wildman–Crippen MR) is 64.5 cm³/mol. The number of primary amides is 1. The largest absolute Gasteiger partial charge is 0.480 e. The lowest BCUT2D eigenvalue weighted by Gasteiger charge is -2.18. The number of urea groups is 1. The van der Waals surface area contributed by atoms with Gasteiger partial charge in [0.1, 0.15) is 6.54 Å². The number of carbonyl (C=O) groups is 3. The molecule has 7 heteroatoms. The summed E-state index contributed by atoms with van der Waals surface area (Å²) in [6.45, 7) is -0.177. The summed E-state index contributed by atoms with van der Waals surface area (Å²) in [5.74, 6) is 0.693. The molecule has 7 nitrogen and oxygen atoms in total. The van der Waals surface area contributed by atoms with Crippen LogP contribution in [0.3, 0.4) is 0 Å². The molecular formula is C11H17N3O4. The molecule has 4 N–H and O–H groups in total. The highest BCUT2D eigenvalue weighted by Gasteiger charge is 2.14. The molecule has 0 aromatic rings. The topological polar surface area (TPSA) is 113 Å². The van der Waals surface area contributed by atoms with Gasteiger partial charge in [-0.05, 0) is 12.8 Å². The van der Waals surface area contributed by atoms with E-state index in [-0.39, 0.29) is 18.9 Å². The monoisotopic (exact) mass is 255 g/mol. The molecule has 0 aromatic heterocycles. The van der Waals surface area contributed by atoms with E-state index in [1.54, 1.807) is 0 Å². The molecule has 18 heavy (non-hydrogen) atoms. The van der Waals surface area contributed by atoms with Crippen molar-refractivity contribution in [2.24, 2.45) is 5.73 Å². The van der Waals surface area contributed by atoms with E-state index in [4.69, 9.17) is 17.3 Å². The second-order valence-electron chi connectivity index (χ2n) is 3.61. The second kappa shape index (κ2) is 8.87. The molecule has 100 valence electrons. The number of nitrogens with two attached hydrogens (primary N) is 1. The molecule has 0 radical (unpaired) electrons. The van der Waals surface area contributed by atoms with Gasteiger partial charge in [-0.2, -0.15) is 0 Å². The highest BCUT2D eigenvalue weighted by atomic mass is 16.4. The van der Waals surface area contributed by atoms with Crippen molar-refractivity contribution in [1.29, 1.82) is 0 Å². The summed E-state index contributed by atoms with van der Waals surface area (Å²) in [7, 11) is 0. The lowest BCUT2D eigenvalue weighted by atomic mass is 10.2. The van der Waals surface area contributed by atoms with Gasteiger partial charge in [-0.15, -0.1) is 6.42 Å². The first-order chi connectivity index (χ1) is 8.47. The molecule has 0 unspecified atom stereocenters. The summed E-state index contributed by atoms with van der Waals surface area (Å²) in [4.78, 5) is 33.5. The number of carbonyl (C=O) groups excluding carboxylic acids is 2. The van der Waals surface area contributed by atoms with Crippen LogP contribution >= 0.6 is 0 Å². The standard InChI is InChI=1S/C11H17N3O4/c1-2-7-14(8-10(16)17)11(18)13-6-4-3-5-9(12)15/h1H,3-8H2,(H2,12,15)(H,13,18)(H,16,17). The number of hydrogen-bond donors (Lipinski definition) is 3. The molecule has 0 spiro atoms. The van der Waals surface area contributed by atoms with E-state index < -0.39 is 18.5 Å². The van der Waals surface area contributed by atoms with Gasteiger partial charge in [0, 0.05) is 13.0 Å². The maximum absolute atomic E-state index is 11.5. The lowest BCUT2D eigenvalue weighted by molar-refractivity contribution is -0.137. The maximum atomic E-state index is 11.5. The Morgan fingerprint density at radius 1 is 1.33 bits per heavy atom. The van der Waals surface area contributed by atoms with Crippen molar-refractivity contribution in [3.63, 3.8) is 0 Å². The summed E-state index contributed by atoms with van der Waals surface area (Å²) < 4.78 is 0. The van der Waals surface area contributed by atoms with Crippen molar-refractivity contribution < 1.29 is 19.5 Å². The molecule has 0 aliphatic carbocycles. The third-order valence-corrected chi connectivity index (χ3v) is 2.02. The second-order valence-corrected chi connectivity index (χ2v) is 3.61. The number of carboxylic acid groups (broad SMARTS) is 1. The van der Waals surface area contributed by atoms with Crippen LogP contribution in [0, 0.1) is 12.3 Å². The highest BCUT2D eigenvalue weighted by Crippen LogP contribution is 1.94. The predicted octanol–water partition coefficient (Wildman–Crippen LogP) is -0.629. The van der Waals surface area contributed by atoms with Crippen LogP contribution in [0.2, 0.25) is 0 Å². The molecule has 0 fully saturated rings. The highest BCUT2D eigenvalue weighted by molar-refractivity contribution is 5.80. The van der Waals surface area contributed by atoms with Crippen molar-refractivity contribution in [3.05, 3.63) is 0 Å². The number of unbranched alkanes of at least 4 members (excludes halogenated alkanes) is 1. The van der Waals surface area contributed by atoms with Crippen LogP contribution in [0.25, 0.3) is 0 Å². The van der Waals surface area contributed by atoms with Crippen molar-refractivity contribution in [2.45, 2.75) is 19.3 Å². The number of nitrogens with one attached hydrogen (secondary N) is 1. The summed E-state index contributed by atoms with van der Waals surface area (Å²) in [6, 6.07) is -0.533. The Morgan fingerprint density at radius 3 is 2.50 bits per heavy atom. The van der Waals surface area contributed by atoms with E-state index in [0.717, 1.165) is 4.90 Å². The smallest absolute Gasteiger partial charge is 0.323 e. The first-order valence-electron chi connectivity index (χ1n) is 5.43. The van der Waals surface area contributed by atoms with Gasteiger partial charge in [0.15, 0.2) is 0 Å². The molecule has 0 saturated carbocycles. The van der Waals surface area contributed by atoms with Crippen molar-refractivity contribution in [1.82, 2.24) is 10.2 Å². The van der Waals surface area contributed by atoms with Gasteiger partial charge < -0.3 is 21.1 Å². The fraction of sp³-hybridized carbons (Fsp3) is 0.545. The van der Waals surface area contributed by atoms with Crippen LogP contribution in [0.15, 0.2) is 0 Å². The zero-order chi connectivity index (χ0) is 14.0. The number of carboxylic acids is 1. The average molecular weight is 255 g/mol. The SMILES string of the molecule is C#CCN(CC(=O)O)C(=O)NCCCCC(N)=O. The van der Waals surface area contributed by atoms with Crippen LogP contribution in [0.1, 0.15) is 19.3 Å². The van der Waals surface area contributed by atoms with E-state index in [9.17, 15) is 14.4 Å².